The summed E-state index contributed by atoms with van der Waals surface area (Å²) in [5.74, 6) is 0.424. The zero-order valence-corrected chi connectivity index (χ0v) is 12.1. The molecule has 2 rings (SSSR count). The van der Waals surface area contributed by atoms with Gasteiger partial charge in [-0.1, -0.05) is 25.1 Å². The van der Waals surface area contributed by atoms with Crippen LogP contribution >= 0.6 is 0 Å². The molecule has 3 heteroatoms. The molecule has 19 heavy (non-hydrogen) atoms. The molecule has 2 unspecified atom stereocenters. The Morgan fingerprint density at radius 2 is 2.11 bits per heavy atom. The quantitative estimate of drug-likeness (QED) is 0.876. The van der Waals surface area contributed by atoms with Gasteiger partial charge in [-0.05, 0) is 51.9 Å². The first kappa shape index (κ1) is 14.4. The van der Waals surface area contributed by atoms with Crippen LogP contribution in [0.2, 0.25) is 0 Å². The lowest BCUT2D eigenvalue weighted by atomic mass is 9.98. The van der Waals surface area contributed by atoms with E-state index in [0.29, 0.717) is 17.8 Å². The number of phenols is 1. The van der Waals surface area contributed by atoms with E-state index in [-0.39, 0.29) is 0 Å². The predicted octanol–water partition coefficient (Wildman–Crippen LogP) is 2.92. The third-order valence-corrected chi connectivity index (χ3v) is 4.30. The first-order chi connectivity index (χ1) is 9.24. The molecule has 1 aromatic carbocycles. The van der Waals surface area contributed by atoms with E-state index >= 15 is 0 Å². The van der Waals surface area contributed by atoms with E-state index < -0.39 is 0 Å². The number of hydrogen-bond acceptors (Lipinski definition) is 3. The molecule has 0 bridgehead atoms. The van der Waals surface area contributed by atoms with E-state index in [1.807, 2.05) is 12.1 Å². The van der Waals surface area contributed by atoms with Gasteiger partial charge in [0.1, 0.15) is 5.75 Å². The van der Waals surface area contributed by atoms with Crippen LogP contribution in [0.15, 0.2) is 24.3 Å². The predicted molar refractivity (Wildman–Crippen MR) is 79.4 cm³/mol. The molecule has 0 aliphatic carbocycles. The van der Waals surface area contributed by atoms with Crippen LogP contribution < -0.4 is 5.32 Å². The Hall–Kier alpha value is -1.06. The fraction of sp³-hybridized carbons (Fsp3) is 0.625. The van der Waals surface area contributed by atoms with Crippen molar-refractivity contribution in [2.75, 3.05) is 20.1 Å². The number of rotatable bonds is 4. The minimum atomic E-state index is 0.310. The largest absolute Gasteiger partial charge is 0.508 e. The summed E-state index contributed by atoms with van der Waals surface area (Å²) < 4.78 is 0. The summed E-state index contributed by atoms with van der Waals surface area (Å²) in [7, 11) is 2.20. The average molecular weight is 262 g/mol. The van der Waals surface area contributed by atoms with Crippen LogP contribution in [0.5, 0.6) is 5.75 Å². The van der Waals surface area contributed by atoms with E-state index in [2.05, 4.69) is 30.3 Å². The lowest BCUT2D eigenvalue weighted by Crippen LogP contribution is -2.35. The number of aromatic hydroxyl groups is 1. The van der Waals surface area contributed by atoms with Crippen molar-refractivity contribution in [1.82, 2.24) is 10.2 Å². The van der Waals surface area contributed by atoms with Crippen molar-refractivity contribution in [1.29, 1.82) is 0 Å². The minimum Gasteiger partial charge on any atom is -0.508 e. The third kappa shape index (κ3) is 3.48. The number of hydrogen-bond donors (Lipinski definition) is 2. The third-order valence-electron chi connectivity index (χ3n) is 4.30. The Kier molecular flexibility index (Phi) is 5.23. The SMILES string of the molecule is CCC(c1ccccc1O)N(C)C1CCCNCC1. The number of para-hydroxylation sites is 1. The summed E-state index contributed by atoms with van der Waals surface area (Å²) >= 11 is 0. The van der Waals surface area contributed by atoms with E-state index in [1.54, 1.807) is 6.07 Å². The standard InChI is InChI=1S/C16H26N2O/c1-3-15(14-8-4-5-9-16(14)19)18(2)13-7-6-11-17-12-10-13/h4-5,8-9,13,15,17,19H,3,6-7,10-12H2,1-2H3. The van der Waals surface area contributed by atoms with Crippen LogP contribution in [0.25, 0.3) is 0 Å². The lowest BCUT2D eigenvalue weighted by molar-refractivity contribution is 0.154. The van der Waals surface area contributed by atoms with E-state index in [0.717, 1.165) is 25.1 Å². The maximum Gasteiger partial charge on any atom is 0.120 e. The van der Waals surface area contributed by atoms with Crippen LogP contribution in [0.1, 0.15) is 44.2 Å². The molecule has 106 valence electrons. The molecule has 2 N–H and O–H groups in total. The highest BCUT2D eigenvalue weighted by Gasteiger charge is 2.25. The van der Waals surface area contributed by atoms with E-state index in [1.165, 1.54) is 19.3 Å². The van der Waals surface area contributed by atoms with E-state index in [4.69, 9.17) is 0 Å². The highest BCUT2D eigenvalue weighted by Crippen LogP contribution is 2.32. The Balaban J connectivity index is 2.14. The van der Waals surface area contributed by atoms with Crippen LogP contribution in [0.4, 0.5) is 0 Å². The van der Waals surface area contributed by atoms with Gasteiger partial charge in [-0.15, -0.1) is 0 Å². The molecular formula is C16H26N2O. The molecule has 2 atom stereocenters. The summed E-state index contributed by atoms with van der Waals surface area (Å²) in [5, 5.41) is 13.5. The minimum absolute atomic E-state index is 0.310. The highest BCUT2D eigenvalue weighted by molar-refractivity contribution is 5.34. The molecule has 1 aliphatic heterocycles. The van der Waals surface area contributed by atoms with Gasteiger partial charge in [0.2, 0.25) is 0 Å². The van der Waals surface area contributed by atoms with Crippen LogP contribution in [0, 0.1) is 0 Å². The molecular weight excluding hydrogens is 236 g/mol. The van der Waals surface area contributed by atoms with Crippen molar-refractivity contribution >= 4 is 0 Å². The average Bonchev–Trinajstić information content (AvgIpc) is 2.70. The van der Waals surface area contributed by atoms with Crippen molar-refractivity contribution in [3.8, 4) is 5.75 Å². The molecule has 1 aliphatic rings. The number of benzene rings is 1. The molecule has 0 spiro atoms. The Morgan fingerprint density at radius 3 is 2.84 bits per heavy atom. The Labute approximate surface area is 116 Å². The maximum absolute atomic E-state index is 10.1. The number of nitrogens with zero attached hydrogens (tertiary/aromatic N) is 1. The van der Waals surface area contributed by atoms with Gasteiger partial charge in [-0.2, -0.15) is 0 Å². The summed E-state index contributed by atoms with van der Waals surface area (Å²) in [6.45, 7) is 4.44. The smallest absolute Gasteiger partial charge is 0.120 e. The van der Waals surface area contributed by atoms with Gasteiger partial charge in [-0.3, -0.25) is 4.90 Å². The fourth-order valence-corrected chi connectivity index (χ4v) is 3.16. The first-order valence-corrected chi connectivity index (χ1v) is 7.44. The van der Waals surface area contributed by atoms with Gasteiger partial charge in [0.05, 0.1) is 0 Å². The van der Waals surface area contributed by atoms with Gasteiger partial charge in [0, 0.05) is 17.6 Å². The van der Waals surface area contributed by atoms with Gasteiger partial charge in [0.25, 0.3) is 0 Å². The molecule has 1 saturated heterocycles. The lowest BCUT2D eigenvalue weighted by Gasteiger charge is -2.34. The monoisotopic (exact) mass is 262 g/mol. The Morgan fingerprint density at radius 1 is 1.32 bits per heavy atom. The summed E-state index contributed by atoms with van der Waals surface area (Å²) in [6, 6.07) is 8.67. The molecule has 0 amide bonds. The maximum atomic E-state index is 10.1. The molecule has 1 heterocycles. The van der Waals surface area contributed by atoms with Crippen molar-refractivity contribution in [2.45, 2.75) is 44.7 Å². The molecule has 1 fully saturated rings. The van der Waals surface area contributed by atoms with Crippen molar-refractivity contribution in [3.63, 3.8) is 0 Å². The molecule has 1 aromatic rings. The van der Waals surface area contributed by atoms with Gasteiger partial charge in [0.15, 0.2) is 0 Å². The fourth-order valence-electron chi connectivity index (χ4n) is 3.16. The molecule has 0 saturated carbocycles. The normalized spacial score (nSPS) is 22.2. The van der Waals surface area contributed by atoms with Gasteiger partial charge < -0.3 is 10.4 Å². The summed E-state index contributed by atoms with van der Waals surface area (Å²) in [5.41, 5.74) is 1.06. The van der Waals surface area contributed by atoms with Crippen LogP contribution in [0.3, 0.4) is 0 Å². The van der Waals surface area contributed by atoms with Gasteiger partial charge in [-0.25, -0.2) is 0 Å². The highest BCUT2D eigenvalue weighted by atomic mass is 16.3. The van der Waals surface area contributed by atoms with Crippen molar-refractivity contribution in [2.24, 2.45) is 0 Å². The van der Waals surface area contributed by atoms with Gasteiger partial charge >= 0.3 is 0 Å². The zero-order chi connectivity index (χ0) is 13.7. The van der Waals surface area contributed by atoms with Crippen molar-refractivity contribution in [3.05, 3.63) is 29.8 Å². The zero-order valence-electron chi connectivity index (χ0n) is 12.1. The second kappa shape index (κ2) is 6.92. The molecule has 3 nitrogen and oxygen atoms in total. The van der Waals surface area contributed by atoms with E-state index in [9.17, 15) is 5.11 Å². The summed E-state index contributed by atoms with van der Waals surface area (Å²) in [4.78, 5) is 2.46. The summed E-state index contributed by atoms with van der Waals surface area (Å²) in [6.07, 6.45) is 4.71. The topological polar surface area (TPSA) is 35.5 Å². The number of phenolic OH excluding ortho intramolecular Hbond substituents is 1. The number of nitrogens with one attached hydrogen (secondary N) is 1. The van der Waals surface area contributed by atoms with Crippen LogP contribution in [-0.2, 0) is 0 Å². The first-order valence-electron chi connectivity index (χ1n) is 7.44. The van der Waals surface area contributed by atoms with Crippen molar-refractivity contribution < 1.29 is 5.11 Å². The molecule has 0 radical (unpaired) electrons. The second-order valence-electron chi connectivity index (χ2n) is 5.48. The second-order valence-corrected chi connectivity index (χ2v) is 5.48. The Bertz CT molecular complexity index is 386. The van der Waals surface area contributed by atoms with Crippen LogP contribution in [-0.4, -0.2) is 36.2 Å². The molecule has 0 aromatic heterocycles.